The van der Waals surface area contributed by atoms with Gasteiger partial charge >= 0.3 is 5.97 Å². The maximum atomic E-state index is 11.9. The monoisotopic (exact) mass is 359 g/mol. The fourth-order valence-electron chi connectivity index (χ4n) is 2.73. The smallest absolute Gasteiger partial charge is 0.330 e. The van der Waals surface area contributed by atoms with E-state index in [9.17, 15) is 9.59 Å². The summed E-state index contributed by atoms with van der Waals surface area (Å²) in [4.78, 5) is 23.5. The molecule has 0 saturated carbocycles. The molecule has 0 aliphatic heterocycles. The molecular formula is C22H33NO3. The van der Waals surface area contributed by atoms with Gasteiger partial charge in [0.15, 0.2) is 0 Å². The Hall–Kier alpha value is -2.10. The Bertz CT molecular complexity index is 566. The van der Waals surface area contributed by atoms with E-state index in [2.05, 4.69) is 12.2 Å². The molecule has 0 aliphatic rings. The van der Waals surface area contributed by atoms with E-state index in [1.54, 1.807) is 0 Å². The highest BCUT2D eigenvalue weighted by Gasteiger charge is 2.04. The standard InChI is InChI=1S/C22H33NO3/c1-3-5-6-7-8-9-10-13-18-26-22(25)17-16-21(24)23-20-15-12-11-14-19(20)4-2/h11-12,14-17H,3-10,13,18H2,1-2H3,(H,23,24)/b17-16+. The third-order valence-corrected chi connectivity index (χ3v) is 4.27. The lowest BCUT2D eigenvalue weighted by atomic mass is 10.1. The van der Waals surface area contributed by atoms with E-state index < -0.39 is 5.97 Å². The third-order valence-electron chi connectivity index (χ3n) is 4.27. The molecule has 1 aromatic rings. The summed E-state index contributed by atoms with van der Waals surface area (Å²) in [6.45, 7) is 4.67. The molecule has 144 valence electrons. The van der Waals surface area contributed by atoms with Crippen LogP contribution in [0, 0.1) is 0 Å². The number of hydrogen-bond donors (Lipinski definition) is 1. The van der Waals surface area contributed by atoms with Crippen LogP contribution in [0.15, 0.2) is 36.4 Å². The van der Waals surface area contributed by atoms with E-state index in [1.165, 1.54) is 50.7 Å². The highest BCUT2D eigenvalue weighted by atomic mass is 16.5. The van der Waals surface area contributed by atoms with Crippen LogP contribution in [0.5, 0.6) is 0 Å². The molecule has 4 nitrogen and oxygen atoms in total. The molecule has 0 radical (unpaired) electrons. The number of aryl methyl sites for hydroxylation is 1. The van der Waals surface area contributed by atoms with Crippen molar-refractivity contribution in [3.63, 3.8) is 0 Å². The van der Waals surface area contributed by atoms with Crippen LogP contribution in [0.25, 0.3) is 0 Å². The predicted molar refractivity (Wildman–Crippen MR) is 107 cm³/mol. The maximum absolute atomic E-state index is 11.9. The average Bonchev–Trinajstić information content (AvgIpc) is 2.65. The topological polar surface area (TPSA) is 55.4 Å². The largest absolute Gasteiger partial charge is 0.463 e. The second-order valence-electron chi connectivity index (χ2n) is 6.48. The predicted octanol–water partition coefficient (Wildman–Crippen LogP) is 5.43. The summed E-state index contributed by atoms with van der Waals surface area (Å²) >= 11 is 0. The Kier molecular flexibility index (Phi) is 11.9. The van der Waals surface area contributed by atoms with Gasteiger partial charge in [0.1, 0.15) is 0 Å². The van der Waals surface area contributed by atoms with Crippen LogP contribution in [0.2, 0.25) is 0 Å². The number of anilines is 1. The van der Waals surface area contributed by atoms with Crippen molar-refractivity contribution >= 4 is 17.6 Å². The normalized spacial score (nSPS) is 10.8. The number of rotatable bonds is 13. The second-order valence-corrected chi connectivity index (χ2v) is 6.48. The van der Waals surface area contributed by atoms with Crippen molar-refractivity contribution in [2.75, 3.05) is 11.9 Å². The highest BCUT2D eigenvalue weighted by Crippen LogP contribution is 2.15. The Morgan fingerprint density at radius 3 is 2.27 bits per heavy atom. The molecule has 0 atom stereocenters. The van der Waals surface area contributed by atoms with E-state index >= 15 is 0 Å². The van der Waals surface area contributed by atoms with Gasteiger partial charge in [0.25, 0.3) is 0 Å². The molecule has 0 bridgehead atoms. The van der Waals surface area contributed by atoms with Crippen molar-refractivity contribution in [1.82, 2.24) is 0 Å². The molecule has 0 heterocycles. The summed E-state index contributed by atoms with van der Waals surface area (Å²) < 4.78 is 5.13. The van der Waals surface area contributed by atoms with Gasteiger partial charge in [-0.1, -0.05) is 77.0 Å². The van der Waals surface area contributed by atoms with Gasteiger partial charge in [-0.3, -0.25) is 4.79 Å². The molecule has 1 N–H and O–H groups in total. The van der Waals surface area contributed by atoms with Gasteiger partial charge < -0.3 is 10.1 Å². The number of hydrogen-bond acceptors (Lipinski definition) is 3. The third kappa shape index (κ3) is 10.0. The average molecular weight is 360 g/mol. The van der Waals surface area contributed by atoms with Crippen LogP contribution in [0.1, 0.15) is 70.8 Å². The summed E-state index contributed by atoms with van der Waals surface area (Å²) in [6.07, 6.45) is 12.9. The summed E-state index contributed by atoms with van der Waals surface area (Å²) in [7, 11) is 0. The fourth-order valence-corrected chi connectivity index (χ4v) is 2.73. The van der Waals surface area contributed by atoms with Crippen molar-refractivity contribution in [3.8, 4) is 0 Å². The summed E-state index contributed by atoms with van der Waals surface area (Å²) in [6, 6.07) is 7.63. The van der Waals surface area contributed by atoms with E-state index in [-0.39, 0.29) is 5.91 Å². The SMILES string of the molecule is CCCCCCCCCCOC(=O)/C=C/C(=O)Nc1ccccc1CC. The van der Waals surface area contributed by atoms with Gasteiger partial charge in [-0.25, -0.2) is 4.79 Å². The maximum Gasteiger partial charge on any atom is 0.330 e. The van der Waals surface area contributed by atoms with Crippen LogP contribution in [0.3, 0.4) is 0 Å². The van der Waals surface area contributed by atoms with E-state index in [1.807, 2.05) is 31.2 Å². The zero-order valence-corrected chi connectivity index (χ0v) is 16.3. The Balaban J connectivity index is 2.15. The van der Waals surface area contributed by atoms with Crippen molar-refractivity contribution in [1.29, 1.82) is 0 Å². The van der Waals surface area contributed by atoms with Gasteiger partial charge in [0.2, 0.25) is 5.91 Å². The minimum Gasteiger partial charge on any atom is -0.463 e. The van der Waals surface area contributed by atoms with E-state index in [0.717, 1.165) is 30.5 Å². The molecule has 0 aliphatic carbocycles. The molecule has 4 heteroatoms. The lowest BCUT2D eigenvalue weighted by Crippen LogP contribution is -2.11. The molecular weight excluding hydrogens is 326 g/mol. The van der Waals surface area contributed by atoms with Crippen LogP contribution in [-0.2, 0) is 20.7 Å². The summed E-state index contributed by atoms with van der Waals surface area (Å²) in [5, 5.41) is 2.79. The number of amides is 1. The first-order chi connectivity index (χ1) is 12.7. The summed E-state index contributed by atoms with van der Waals surface area (Å²) in [5.41, 5.74) is 1.84. The Labute approximate surface area is 158 Å². The minimum atomic E-state index is -0.466. The number of carbonyl (C=O) groups is 2. The number of esters is 1. The molecule has 0 saturated heterocycles. The zero-order chi connectivity index (χ0) is 19.0. The number of ether oxygens (including phenoxy) is 1. The van der Waals surface area contributed by atoms with Crippen LogP contribution in [-0.4, -0.2) is 18.5 Å². The quantitative estimate of drug-likeness (QED) is 0.290. The first-order valence-electron chi connectivity index (χ1n) is 9.91. The van der Waals surface area contributed by atoms with Crippen LogP contribution >= 0.6 is 0 Å². The number of unbranched alkanes of at least 4 members (excludes halogenated alkanes) is 7. The van der Waals surface area contributed by atoms with Crippen LogP contribution in [0.4, 0.5) is 5.69 Å². The molecule has 0 fully saturated rings. The highest BCUT2D eigenvalue weighted by molar-refractivity contribution is 6.02. The second kappa shape index (κ2) is 14.1. The number of carbonyl (C=O) groups excluding carboxylic acids is 2. The molecule has 0 aromatic heterocycles. The van der Waals surface area contributed by atoms with Gasteiger partial charge in [0, 0.05) is 17.8 Å². The van der Waals surface area contributed by atoms with Gasteiger partial charge in [0.05, 0.1) is 6.61 Å². The lowest BCUT2D eigenvalue weighted by Gasteiger charge is -2.07. The number of benzene rings is 1. The molecule has 1 aromatic carbocycles. The van der Waals surface area contributed by atoms with Gasteiger partial charge in [-0.2, -0.15) is 0 Å². The van der Waals surface area contributed by atoms with Crippen molar-refractivity contribution < 1.29 is 14.3 Å². The summed E-state index contributed by atoms with van der Waals surface area (Å²) in [5.74, 6) is -0.790. The molecule has 1 amide bonds. The fraction of sp³-hybridized carbons (Fsp3) is 0.545. The first kappa shape index (κ1) is 21.9. The first-order valence-corrected chi connectivity index (χ1v) is 9.91. The van der Waals surface area contributed by atoms with Gasteiger partial charge in [-0.05, 0) is 24.5 Å². The molecule has 26 heavy (non-hydrogen) atoms. The zero-order valence-electron chi connectivity index (χ0n) is 16.3. The number of nitrogens with one attached hydrogen (secondary N) is 1. The van der Waals surface area contributed by atoms with Crippen molar-refractivity contribution in [2.45, 2.75) is 71.6 Å². The van der Waals surface area contributed by atoms with Crippen molar-refractivity contribution in [2.24, 2.45) is 0 Å². The van der Waals surface area contributed by atoms with E-state index in [0.29, 0.717) is 6.61 Å². The molecule has 1 rings (SSSR count). The molecule has 0 spiro atoms. The Morgan fingerprint density at radius 2 is 1.58 bits per heavy atom. The number of para-hydroxylation sites is 1. The van der Waals surface area contributed by atoms with Crippen molar-refractivity contribution in [3.05, 3.63) is 42.0 Å². The van der Waals surface area contributed by atoms with E-state index in [4.69, 9.17) is 4.74 Å². The van der Waals surface area contributed by atoms with Gasteiger partial charge in [-0.15, -0.1) is 0 Å². The Morgan fingerprint density at radius 1 is 0.923 bits per heavy atom. The minimum absolute atomic E-state index is 0.324. The lowest BCUT2D eigenvalue weighted by molar-refractivity contribution is -0.138. The van der Waals surface area contributed by atoms with Crippen LogP contribution < -0.4 is 5.32 Å². The molecule has 0 unspecified atom stereocenters.